The summed E-state index contributed by atoms with van der Waals surface area (Å²) in [7, 11) is 0. The fourth-order valence-electron chi connectivity index (χ4n) is 4.39. The van der Waals surface area contributed by atoms with Gasteiger partial charge in [-0.1, -0.05) is 29.5 Å². The van der Waals surface area contributed by atoms with Gasteiger partial charge in [0, 0.05) is 60.7 Å². The highest BCUT2D eigenvalue weighted by Gasteiger charge is 2.22. The van der Waals surface area contributed by atoms with Crippen LogP contribution in [0.15, 0.2) is 70.4 Å². The van der Waals surface area contributed by atoms with Crippen LogP contribution in [-0.2, 0) is 13.0 Å². The molecule has 5 heteroatoms. The Hall–Kier alpha value is -2.50. The van der Waals surface area contributed by atoms with Gasteiger partial charge in [0.1, 0.15) is 0 Å². The largest absolute Gasteiger partial charge is 0.295 e. The topological polar surface area (TPSA) is 41.9 Å². The monoisotopic (exact) mass is 428 g/mol. The van der Waals surface area contributed by atoms with Gasteiger partial charge in [-0.15, -0.1) is 0 Å². The van der Waals surface area contributed by atoms with E-state index in [1.807, 2.05) is 36.3 Å². The summed E-state index contributed by atoms with van der Waals surface area (Å²) in [6.45, 7) is 5.21. The van der Waals surface area contributed by atoms with Crippen LogP contribution in [-0.4, -0.2) is 32.9 Å². The highest BCUT2D eigenvalue weighted by atomic mass is 32.2. The van der Waals surface area contributed by atoms with Gasteiger partial charge in [-0.05, 0) is 67.4 Å². The third kappa shape index (κ3) is 4.89. The summed E-state index contributed by atoms with van der Waals surface area (Å²) in [5, 5.41) is 0. The van der Waals surface area contributed by atoms with Crippen molar-refractivity contribution in [1.29, 1.82) is 0 Å². The molecule has 158 valence electrons. The number of aromatic nitrogens is 3. The highest BCUT2D eigenvalue weighted by Crippen LogP contribution is 2.38. The van der Waals surface area contributed by atoms with Gasteiger partial charge in [0.05, 0.1) is 5.69 Å². The van der Waals surface area contributed by atoms with Crippen molar-refractivity contribution >= 4 is 11.8 Å². The first-order valence-corrected chi connectivity index (χ1v) is 12.0. The van der Waals surface area contributed by atoms with Gasteiger partial charge in [0.15, 0.2) is 5.82 Å². The molecule has 3 aromatic rings. The Bertz CT molecular complexity index is 1080. The fraction of sp³-hybridized carbons (Fsp3) is 0.346. The lowest BCUT2D eigenvalue weighted by Gasteiger charge is -2.31. The van der Waals surface area contributed by atoms with Crippen LogP contribution in [0.1, 0.15) is 42.5 Å². The molecule has 3 heterocycles. The molecule has 0 radical (unpaired) electrons. The number of thioether (sulfide) groups is 1. The van der Waals surface area contributed by atoms with E-state index in [2.05, 4.69) is 46.1 Å². The Morgan fingerprint density at radius 3 is 2.71 bits per heavy atom. The molecule has 0 atom stereocenters. The lowest BCUT2D eigenvalue weighted by atomic mass is 9.97. The van der Waals surface area contributed by atoms with Crippen molar-refractivity contribution in [3.8, 4) is 11.4 Å². The zero-order valence-electron chi connectivity index (χ0n) is 18.1. The number of rotatable bonds is 5. The van der Waals surface area contributed by atoms with E-state index in [0.29, 0.717) is 0 Å². The summed E-state index contributed by atoms with van der Waals surface area (Å²) in [6.07, 6.45) is 11.7. The Kier molecular flexibility index (Phi) is 6.14. The first kappa shape index (κ1) is 20.4. The van der Waals surface area contributed by atoms with Crippen molar-refractivity contribution < 1.29 is 0 Å². The number of nitrogens with zero attached hydrogens (tertiary/aromatic N) is 4. The maximum absolute atomic E-state index is 4.85. The van der Waals surface area contributed by atoms with E-state index in [1.165, 1.54) is 47.4 Å². The summed E-state index contributed by atoms with van der Waals surface area (Å²) >= 11 is 1.98. The molecule has 0 saturated heterocycles. The van der Waals surface area contributed by atoms with E-state index in [-0.39, 0.29) is 0 Å². The summed E-state index contributed by atoms with van der Waals surface area (Å²) in [5.41, 5.74) is 6.40. The quantitative estimate of drug-likeness (QED) is 0.512. The lowest BCUT2D eigenvalue weighted by molar-refractivity contribution is 0.268. The average molecular weight is 429 g/mol. The molecule has 1 aliphatic carbocycles. The van der Waals surface area contributed by atoms with Gasteiger partial charge >= 0.3 is 0 Å². The van der Waals surface area contributed by atoms with Crippen molar-refractivity contribution in [2.45, 2.75) is 50.5 Å². The molecule has 0 spiro atoms. The Morgan fingerprint density at radius 2 is 1.87 bits per heavy atom. The molecule has 0 fully saturated rings. The molecule has 0 N–H and O–H groups in total. The number of hydrogen-bond donors (Lipinski definition) is 0. The van der Waals surface area contributed by atoms with Crippen molar-refractivity contribution in [1.82, 2.24) is 19.9 Å². The number of benzene rings is 1. The van der Waals surface area contributed by atoms with E-state index < -0.39 is 0 Å². The number of pyridine rings is 1. The smallest absolute Gasteiger partial charge is 0.160 e. The second-order valence-electron chi connectivity index (χ2n) is 8.52. The minimum absolute atomic E-state index is 0.784. The zero-order chi connectivity index (χ0) is 21.0. The molecule has 0 amide bonds. The third-order valence-corrected chi connectivity index (χ3v) is 7.38. The van der Waals surface area contributed by atoms with E-state index in [0.717, 1.165) is 37.4 Å². The first-order chi connectivity index (χ1) is 15.2. The van der Waals surface area contributed by atoms with Gasteiger partial charge in [-0.2, -0.15) is 0 Å². The van der Waals surface area contributed by atoms with Crippen LogP contribution in [0.5, 0.6) is 0 Å². The number of aryl methyl sites for hydroxylation is 1. The molecular formula is C26H28N4S. The van der Waals surface area contributed by atoms with Crippen LogP contribution in [0.2, 0.25) is 0 Å². The normalized spacial score (nSPS) is 16.9. The standard InChI is InChI=1S/C26H28N4S/c1-19-8-10-23(11-9-19)31-25-7-3-2-5-21(25)17-30-14-12-24-22(18-30)16-28-26(29-24)20-6-4-13-27-15-20/h4,6,8-11,13,15-16H,2-3,5,7,12,14,17-18H2,1H3. The SMILES string of the molecule is Cc1ccc(SC2=C(CN3CCc4nc(-c5cccnc5)ncc4C3)CCCC2)cc1. The molecule has 31 heavy (non-hydrogen) atoms. The Morgan fingerprint density at radius 1 is 1.00 bits per heavy atom. The molecule has 2 aromatic heterocycles. The molecule has 0 bridgehead atoms. The molecule has 2 aliphatic rings. The van der Waals surface area contributed by atoms with Gasteiger partial charge in [-0.3, -0.25) is 9.88 Å². The van der Waals surface area contributed by atoms with Crippen molar-refractivity contribution in [3.63, 3.8) is 0 Å². The number of allylic oxidation sites excluding steroid dienone is 1. The van der Waals surface area contributed by atoms with Crippen LogP contribution in [0.25, 0.3) is 11.4 Å². The van der Waals surface area contributed by atoms with E-state index in [4.69, 9.17) is 4.98 Å². The summed E-state index contributed by atoms with van der Waals surface area (Å²) in [6, 6.07) is 12.9. The highest BCUT2D eigenvalue weighted by molar-refractivity contribution is 8.03. The van der Waals surface area contributed by atoms with E-state index >= 15 is 0 Å². The second-order valence-corrected chi connectivity index (χ2v) is 9.69. The zero-order valence-corrected chi connectivity index (χ0v) is 18.9. The minimum Gasteiger partial charge on any atom is -0.295 e. The summed E-state index contributed by atoms with van der Waals surface area (Å²) < 4.78 is 0. The third-order valence-electron chi connectivity index (χ3n) is 6.14. The van der Waals surface area contributed by atoms with Crippen molar-refractivity contribution in [2.24, 2.45) is 0 Å². The molecule has 0 unspecified atom stereocenters. The lowest BCUT2D eigenvalue weighted by Crippen LogP contribution is -2.33. The van der Waals surface area contributed by atoms with Gasteiger partial charge in [0.2, 0.25) is 0 Å². The van der Waals surface area contributed by atoms with E-state index in [1.54, 1.807) is 16.7 Å². The van der Waals surface area contributed by atoms with Gasteiger partial charge in [-0.25, -0.2) is 9.97 Å². The second kappa shape index (κ2) is 9.33. The average Bonchev–Trinajstić information content (AvgIpc) is 2.82. The predicted octanol–water partition coefficient (Wildman–Crippen LogP) is 5.83. The van der Waals surface area contributed by atoms with Crippen LogP contribution in [0.3, 0.4) is 0 Å². The van der Waals surface area contributed by atoms with Crippen LogP contribution in [0.4, 0.5) is 0 Å². The van der Waals surface area contributed by atoms with Gasteiger partial charge < -0.3 is 0 Å². The van der Waals surface area contributed by atoms with Crippen molar-refractivity contribution in [3.05, 3.63) is 82.3 Å². The molecule has 0 saturated carbocycles. The molecular weight excluding hydrogens is 400 g/mol. The van der Waals surface area contributed by atoms with Crippen LogP contribution >= 0.6 is 11.8 Å². The van der Waals surface area contributed by atoms with E-state index in [9.17, 15) is 0 Å². The fourth-order valence-corrected chi connectivity index (χ4v) is 5.51. The number of hydrogen-bond acceptors (Lipinski definition) is 5. The summed E-state index contributed by atoms with van der Waals surface area (Å²) in [4.78, 5) is 19.2. The van der Waals surface area contributed by atoms with Crippen LogP contribution < -0.4 is 0 Å². The molecule has 1 aliphatic heterocycles. The Balaban J connectivity index is 1.30. The van der Waals surface area contributed by atoms with Crippen LogP contribution in [0, 0.1) is 6.92 Å². The molecule has 5 rings (SSSR count). The van der Waals surface area contributed by atoms with Crippen molar-refractivity contribution in [2.75, 3.05) is 13.1 Å². The number of fused-ring (bicyclic) bond motifs is 1. The maximum atomic E-state index is 4.85. The van der Waals surface area contributed by atoms with Gasteiger partial charge in [0.25, 0.3) is 0 Å². The minimum atomic E-state index is 0.784. The summed E-state index contributed by atoms with van der Waals surface area (Å²) in [5.74, 6) is 0.784. The molecule has 4 nitrogen and oxygen atoms in total. The Labute approximate surface area is 188 Å². The predicted molar refractivity (Wildman–Crippen MR) is 127 cm³/mol. The maximum Gasteiger partial charge on any atom is 0.160 e. The first-order valence-electron chi connectivity index (χ1n) is 11.2. The molecule has 1 aromatic carbocycles.